The first-order valence-corrected chi connectivity index (χ1v) is 11.5. The van der Waals surface area contributed by atoms with Crippen LogP contribution in [0.3, 0.4) is 0 Å². The van der Waals surface area contributed by atoms with Gasteiger partial charge >= 0.3 is 0 Å². The van der Waals surface area contributed by atoms with Crippen molar-refractivity contribution in [1.82, 2.24) is 24.6 Å². The molecule has 0 atom stereocenters. The zero-order valence-corrected chi connectivity index (χ0v) is 19.2. The quantitative estimate of drug-likeness (QED) is 0.316. The number of thiazole rings is 1. The number of fused-ring (bicyclic) bond motifs is 2. The number of furan rings is 1. The Labute approximate surface area is 198 Å². The summed E-state index contributed by atoms with van der Waals surface area (Å²) in [7, 11) is 1.62. The number of aromatic nitrogens is 5. The van der Waals surface area contributed by atoms with E-state index in [1.54, 1.807) is 29.2 Å². The molecule has 6 rings (SSSR count). The Kier molecular flexibility index (Phi) is 4.96. The average Bonchev–Trinajstić information content (AvgIpc) is 3.60. The standard InChI is InChI=1S/C25H19N5O3S/c1-15-26-11-24-28-20(12-30(24)29-15)23-10-19-21(8-18(31-2)9-22(19)33-23)32-13-17-14-34-25(27-17)16-6-4-3-5-7-16/h3-12,14H,13H2,1-2H3. The van der Waals surface area contributed by atoms with Crippen LogP contribution in [0.25, 0.3) is 38.6 Å². The van der Waals surface area contributed by atoms with Crippen molar-refractivity contribution in [3.63, 3.8) is 0 Å². The zero-order chi connectivity index (χ0) is 23.1. The molecule has 0 aliphatic heterocycles. The molecule has 0 saturated heterocycles. The number of methoxy groups -OCH3 is 1. The Morgan fingerprint density at radius 1 is 1.09 bits per heavy atom. The Hall–Kier alpha value is -4.24. The SMILES string of the molecule is COc1cc(OCc2csc(-c3ccccc3)n2)c2cc(-c3cn4nc(C)ncc4n3)oc2c1. The van der Waals surface area contributed by atoms with E-state index in [-0.39, 0.29) is 0 Å². The molecular formula is C25H19N5O3S. The minimum atomic E-state index is 0.329. The molecule has 0 unspecified atom stereocenters. The second kappa shape index (κ2) is 8.27. The first kappa shape index (κ1) is 20.4. The fourth-order valence-corrected chi connectivity index (χ4v) is 4.50. The molecule has 4 aromatic heterocycles. The highest BCUT2D eigenvalue weighted by Crippen LogP contribution is 2.37. The molecule has 0 aliphatic rings. The van der Waals surface area contributed by atoms with Crippen LogP contribution in [0.5, 0.6) is 11.5 Å². The highest BCUT2D eigenvalue weighted by atomic mass is 32.1. The third-order valence-corrected chi connectivity index (χ3v) is 6.28. The van der Waals surface area contributed by atoms with Gasteiger partial charge in [-0.2, -0.15) is 5.10 Å². The van der Waals surface area contributed by atoms with Crippen molar-refractivity contribution in [2.75, 3.05) is 7.11 Å². The van der Waals surface area contributed by atoms with Gasteiger partial charge in [0, 0.05) is 23.1 Å². The maximum atomic E-state index is 6.18. The second-order valence-electron chi connectivity index (χ2n) is 7.68. The summed E-state index contributed by atoms with van der Waals surface area (Å²) in [4.78, 5) is 13.5. The van der Waals surface area contributed by atoms with E-state index in [0.29, 0.717) is 46.6 Å². The van der Waals surface area contributed by atoms with Crippen LogP contribution in [0, 0.1) is 6.92 Å². The minimum Gasteiger partial charge on any atom is -0.496 e. The van der Waals surface area contributed by atoms with Crippen LogP contribution in [-0.4, -0.2) is 31.7 Å². The topological polar surface area (TPSA) is 87.6 Å². The Morgan fingerprint density at radius 2 is 1.97 bits per heavy atom. The number of hydrogen-bond donors (Lipinski definition) is 0. The van der Waals surface area contributed by atoms with E-state index in [1.165, 1.54) is 0 Å². The van der Waals surface area contributed by atoms with E-state index in [2.05, 4.69) is 15.1 Å². The molecule has 168 valence electrons. The lowest BCUT2D eigenvalue weighted by molar-refractivity contribution is 0.303. The van der Waals surface area contributed by atoms with Crippen LogP contribution < -0.4 is 9.47 Å². The first-order valence-electron chi connectivity index (χ1n) is 10.6. The highest BCUT2D eigenvalue weighted by Gasteiger charge is 2.16. The summed E-state index contributed by atoms with van der Waals surface area (Å²) in [5.74, 6) is 2.57. The molecule has 9 heteroatoms. The number of hydrogen-bond acceptors (Lipinski definition) is 8. The van der Waals surface area contributed by atoms with Gasteiger partial charge < -0.3 is 13.9 Å². The second-order valence-corrected chi connectivity index (χ2v) is 8.54. The molecule has 0 radical (unpaired) electrons. The molecule has 0 aliphatic carbocycles. The molecule has 4 heterocycles. The van der Waals surface area contributed by atoms with Gasteiger partial charge in [-0.1, -0.05) is 30.3 Å². The normalized spacial score (nSPS) is 11.4. The van der Waals surface area contributed by atoms with E-state index >= 15 is 0 Å². The van der Waals surface area contributed by atoms with Gasteiger partial charge in [0.05, 0.1) is 30.6 Å². The Morgan fingerprint density at radius 3 is 2.82 bits per heavy atom. The third-order valence-electron chi connectivity index (χ3n) is 5.34. The predicted octanol–water partition coefficient (Wildman–Crippen LogP) is 5.56. The largest absolute Gasteiger partial charge is 0.496 e. The third kappa shape index (κ3) is 3.75. The van der Waals surface area contributed by atoms with E-state index in [9.17, 15) is 0 Å². The fraction of sp³-hybridized carbons (Fsp3) is 0.120. The summed E-state index contributed by atoms with van der Waals surface area (Å²) >= 11 is 1.60. The number of aryl methyl sites for hydroxylation is 1. The molecule has 0 spiro atoms. The van der Waals surface area contributed by atoms with Crippen LogP contribution >= 0.6 is 11.3 Å². The molecule has 8 nitrogen and oxygen atoms in total. The first-order chi connectivity index (χ1) is 16.7. The number of benzene rings is 2. The smallest absolute Gasteiger partial charge is 0.172 e. The van der Waals surface area contributed by atoms with Crippen molar-refractivity contribution >= 4 is 28.0 Å². The molecule has 0 fully saturated rings. The maximum Gasteiger partial charge on any atom is 0.172 e. The number of nitrogens with zero attached hydrogens (tertiary/aromatic N) is 5. The van der Waals surface area contributed by atoms with E-state index < -0.39 is 0 Å². The van der Waals surface area contributed by atoms with Gasteiger partial charge in [0.1, 0.15) is 40.2 Å². The molecule has 2 aromatic carbocycles. The average molecular weight is 470 g/mol. The highest BCUT2D eigenvalue weighted by molar-refractivity contribution is 7.13. The van der Waals surface area contributed by atoms with Gasteiger partial charge in [-0.15, -0.1) is 11.3 Å². The van der Waals surface area contributed by atoms with Gasteiger partial charge in [-0.3, -0.25) is 0 Å². The van der Waals surface area contributed by atoms with E-state index in [1.807, 2.05) is 67.0 Å². The number of imidazole rings is 1. The van der Waals surface area contributed by atoms with Crippen LogP contribution in [0.15, 0.2) is 70.7 Å². The van der Waals surface area contributed by atoms with Crippen molar-refractivity contribution in [2.45, 2.75) is 13.5 Å². The lowest BCUT2D eigenvalue weighted by Gasteiger charge is -2.07. The van der Waals surface area contributed by atoms with Gasteiger partial charge in [-0.25, -0.2) is 19.5 Å². The summed E-state index contributed by atoms with van der Waals surface area (Å²) in [5.41, 5.74) is 3.90. The zero-order valence-electron chi connectivity index (χ0n) is 18.4. The Bertz CT molecular complexity index is 1620. The van der Waals surface area contributed by atoms with Crippen molar-refractivity contribution in [3.05, 3.63) is 77.8 Å². The summed E-state index contributed by atoms with van der Waals surface area (Å²) in [6.45, 7) is 2.16. The Balaban J connectivity index is 1.32. The van der Waals surface area contributed by atoms with E-state index in [4.69, 9.17) is 18.9 Å². The fourth-order valence-electron chi connectivity index (χ4n) is 3.69. The lowest BCUT2D eigenvalue weighted by atomic mass is 10.2. The lowest BCUT2D eigenvalue weighted by Crippen LogP contribution is -1.96. The maximum absolute atomic E-state index is 6.18. The monoisotopic (exact) mass is 469 g/mol. The number of ether oxygens (including phenoxy) is 2. The van der Waals surface area contributed by atoms with Crippen LogP contribution in [0.1, 0.15) is 11.5 Å². The van der Waals surface area contributed by atoms with Gasteiger partial charge in [0.2, 0.25) is 0 Å². The van der Waals surface area contributed by atoms with Crippen molar-refractivity contribution in [2.24, 2.45) is 0 Å². The van der Waals surface area contributed by atoms with Crippen molar-refractivity contribution in [1.29, 1.82) is 0 Å². The van der Waals surface area contributed by atoms with E-state index in [0.717, 1.165) is 21.7 Å². The molecule has 0 N–H and O–H groups in total. The van der Waals surface area contributed by atoms with Gasteiger partial charge in [-0.05, 0) is 13.0 Å². The van der Waals surface area contributed by atoms with Crippen LogP contribution in [0.2, 0.25) is 0 Å². The molecule has 34 heavy (non-hydrogen) atoms. The van der Waals surface area contributed by atoms with Gasteiger partial charge in [0.25, 0.3) is 0 Å². The molecule has 0 amide bonds. The summed E-state index contributed by atoms with van der Waals surface area (Å²) in [5, 5.41) is 8.16. The van der Waals surface area contributed by atoms with Crippen LogP contribution in [-0.2, 0) is 6.61 Å². The number of rotatable bonds is 6. The molecular weight excluding hydrogens is 450 g/mol. The van der Waals surface area contributed by atoms with Crippen LogP contribution in [0.4, 0.5) is 0 Å². The summed E-state index contributed by atoms with van der Waals surface area (Å²) in [6, 6.07) is 15.7. The minimum absolute atomic E-state index is 0.329. The summed E-state index contributed by atoms with van der Waals surface area (Å²) < 4.78 is 19.4. The summed E-state index contributed by atoms with van der Waals surface area (Å²) in [6.07, 6.45) is 3.50. The van der Waals surface area contributed by atoms with Crippen molar-refractivity contribution < 1.29 is 13.9 Å². The van der Waals surface area contributed by atoms with Gasteiger partial charge in [0.15, 0.2) is 11.4 Å². The predicted molar refractivity (Wildman–Crippen MR) is 129 cm³/mol. The molecule has 0 bridgehead atoms. The molecule has 0 saturated carbocycles. The van der Waals surface area contributed by atoms with Crippen molar-refractivity contribution in [3.8, 4) is 33.5 Å². The molecule has 6 aromatic rings.